The SMILES string of the molecule is O=C(Nc1ccc(F)c([N+](=O)[O-])c1)c1cc(Br)ccc1I. The van der Waals surface area contributed by atoms with E-state index in [0.29, 0.717) is 5.56 Å². The zero-order valence-corrected chi connectivity index (χ0v) is 14.0. The number of amides is 1. The summed E-state index contributed by atoms with van der Waals surface area (Å²) >= 11 is 5.28. The molecule has 2 aromatic carbocycles. The van der Waals surface area contributed by atoms with Crippen LogP contribution in [0.1, 0.15) is 10.4 Å². The largest absolute Gasteiger partial charge is 0.322 e. The number of anilines is 1. The van der Waals surface area contributed by atoms with Crippen LogP contribution in [0.4, 0.5) is 15.8 Å². The lowest BCUT2D eigenvalue weighted by molar-refractivity contribution is -0.387. The smallest absolute Gasteiger partial charge is 0.306 e. The summed E-state index contributed by atoms with van der Waals surface area (Å²) in [6.07, 6.45) is 0. The van der Waals surface area contributed by atoms with Gasteiger partial charge in [-0.3, -0.25) is 14.9 Å². The zero-order valence-electron chi connectivity index (χ0n) is 10.3. The van der Waals surface area contributed by atoms with Crippen molar-refractivity contribution in [2.24, 2.45) is 0 Å². The van der Waals surface area contributed by atoms with Crippen LogP contribution in [0, 0.1) is 19.5 Å². The maximum Gasteiger partial charge on any atom is 0.306 e. The molecule has 108 valence electrons. The first-order chi connectivity index (χ1) is 9.88. The van der Waals surface area contributed by atoms with E-state index in [4.69, 9.17) is 0 Å². The highest BCUT2D eigenvalue weighted by atomic mass is 127. The van der Waals surface area contributed by atoms with E-state index in [1.54, 1.807) is 18.2 Å². The average molecular weight is 465 g/mol. The first-order valence-electron chi connectivity index (χ1n) is 5.59. The molecule has 2 aromatic rings. The fourth-order valence-corrected chi connectivity index (χ4v) is 2.54. The van der Waals surface area contributed by atoms with Crippen molar-refractivity contribution in [2.45, 2.75) is 0 Å². The van der Waals surface area contributed by atoms with E-state index >= 15 is 0 Å². The zero-order chi connectivity index (χ0) is 15.6. The Hall–Kier alpha value is -1.55. The summed E-state index contributed by atoms with van der Waals surface area (Å²) in [5.74, 6) is -1.38. The molecule has 0 radical (unpaired) electrons. The highest BCUT2D eigenvalue weighted by molar-refractivity contribution is 14.1. The lowest BCUT2D eigenvalue weighted by Gasteiger charge is -2.07. The van der Waals surface area contributed by atoms with Gasteiger partial charge in [-0.1, -0.05) is 15.9 Å². The monoisotopic (exact) mass is 464 g/mol. The van der Waals surface area contributed by atoms with E-state index in [9.17, 15) is 19.3 Å². The van der Waals surface area contributed by atoms with Crippen LogP contribution < -0.4 is 5.32 Å². The molecule has 0 spiro atoms. The summed E-state index contributed by atoms with van der Waals surface area (Å²) in [6.45, 7) is 0. The van der Waals surface area contributed by atoms with Gasteiger partial charge in [0.25, 0.3) is 5.91 Å². The van der Waals surface area contributed by atoms with Gasteiger partial charge < -0.3 is 5.32 Å². The Morgan fingerprint density at radius 3 is 2.67 bits per heavy atom. The lowest BCUT2D eigenvalue weighted by Crippen LogP contribution is -2.13. The number of rotatable bonds is 3. The number of nitro benzene ring substituents is 1. The average Bonchev–Trinajstić information content (AvgIpc) is 2.43. The van der Waals surface area contributed by atoms with Crippen LogP contribution in [0.2, 0.25) is 0 Å². The molecule has 0 bridgehead atoms. The summed E-state index contributed by atoms with van der Waals surface area (Å²) < 4.78 is 14.7. The van der Waals surface area contributed by atoms with Crippen molar-refractivity contribution >= 4 is 55.8 Å². The molecule has 0 saturated carbocycles. The number of benzene rings is 2. The van der Waals surface area contributed by atoms with Gasteiger partial charge in [0.1, 0.15) is 0 Å². The minimum absolute atomic E-state index is 0.156. The van der Waals surface area contributed by atoms with Crippen LogP contribution in [-0.4, -0.2) is 10.8 Å². The van der Waals surface area contributed by atoms with Crippen LogP contribution in [0.3, 0.4) is 0 Å². The van der Waals surface area contributed by atoms with Gasteiger partial charge in [-0.15, -0.1) is 0 Å². The third-order valence-electron chi connectivity index (χ3n) is 2.57. The normalized spacial score (nSPS) is 10.2. The van der Waals surface area contributed by atoms with Crippen LogP contribution in [0.5, 0.6) is 0 Å². The van der Waals surface area contributed by atoms with E-state index < -0.39 is 22.3 Å². The third-order valence-corrected chi connectivity index (χ3v) is 4.01. The van der Waals surface area contributed by atoms with Crippen molar-refractivity contribution in [1.29, 1.82) is 0 Å². The summed E-state index contributed by atoms with van der Waals surface area (Å²) in [5.41, 5.74) is -0.113. The minimum atomic E-state index is -0.949. The van der Waals surface area contributed by atoms with Gasteiger partial charge in [-0.05, 0) is 52.9 Å². The number of nitrogens with one attached hydrogen (secondary N) is 1. The van der Waals surface area contributed by atoms with E-state index in [1.165, 1.54) is 6.07 Å². The van der Waals surface area contributed by atoms with Crippen molar-refractivity contribution in [3.8, 4) is 0 Å². The van der Waals surface area contributed by atoms with Crippen LogP contribution >= 0.6 is 38.5 Å². The van der Waals surface area contributed by atoms with Crippen molar-refractivity contribution in [3.63, 3.8) is 0 Å². The highest BCUT2D eigenvalue weighted by Crippen LogP contribution is 2.23. The van der Waals surface area contributed by atoms with E-state index in [0.717, 1.165) is 20.2 Å². The highest BCUT2D eigenvalue weighted by Gasteiger charge is 2.16. The topological polar surface area (TPSA) is 72.2 Å². The van der Waals surface area contributed by atoms with E-state index in [1.807, 2.05) is 22.6 Å². The Morgan fingerprint density at radius 2 is 2.00 bits per heavy atom. The van der Waals surface area contributed by atoms with Gasteiger partial charge in [0.05, 0.1) is 10.5 Å². The van der Waals surface area contributed by atoms with Gasteiger partial charge in [0, 0.05) is 19.8 Å². The molecule has 0 saturated heterocycles. The molecule has 0 aliphatic rings. The maximum atomic E-state index is 13.2. The van der Waals surface area contributed by atoms with Gasteiger partial charge in [0.15, 0.2) is 0 Å². The predicted molar refractivity (Wildman–Crippen MR) is 87.9 cm³/mol. The lowest BCUT2D eigenvalue weighted by atomic mass is 10.2. The summed E-state index contributed by atoms with van der Waals surface area (Å²) in [6, 6.07) is 8.38. The van der Waals surface area contributed by atoms with E-state index in [2.05, 4.69) is 21.2 Å². The Bertz CT molecular complexity index is 739. The standard InChI is InChI=1S/C13H7BrFIN2O3/c14-7-1-4-11(16)9(5-7)13(19)17-8-2-3-10(15)12(6-8)18(20)21/h1-6H,(H,17,19). The second-order valence-corrected chi connectivity index (χ2v) is 6.08. The van der Waals surface area contributed by atoms with Gasteiger partial charge in [0.2, 0.25) is 5.82 Å². The molecule has 0 atom stereocenters. The molecule has 2 rings (SSSR count). The van der Waals surface area contributed by atoms with Gasteiger partial charge in [-0.25, -0.2) is 0 Å². The number of hydrogen-bond donors (Lipinski definition) is 1. The molecule has 1 amide bonds. The number of carbonyl (C=O) groups is 1. The Kier molecular flexibility index (Phi) is 4.88. The minimum Gasteiger partial charge on any atom is -0.322 e. The number of nitrogens with zero attached hydrogens (tertiary/aromatic N) is 1. The summed E-state index contributed by atoms with van der Waals surface area (Å²) in [7, 11) is 0. The van der Waals surface area contributed by atoms with Crippen molar-refractivity contribution in [3.05, 3.63) is 65.9 Å². The fourth-order valence-electron chi connectivity index (χ4n) is 1.60. The van der Waals surface area contributed by atoms with Crippen molar-refractivity contribution in [2.75, 3.05) is 5.32 Å². The summed E-state index contributed by atoms with van der Waals surface area (Å²) in [4.78, 5) is 22.0. The Labute approximate surface area is 141 Å². The number of halogens is 3. The quantitative estimate of drug-likeness (QED) is 0.417. The molecule has 8 heteroatoms. The molecule has 0 aliphatic heterocycles. The van der Waals surface area contributed by atoms with Crippen LogP contribution in [0.15, 0.2) is 40.9 Å². The number of hydrogen-bond acceptors (Lipinski definition) is 3. The molecule has 5 nitrogen and oxygen atoms in total. The summed E-state index contributed by atoms with van der Waals surface area (Å²) in [5, 5.41) is 13.2. The van der Waals surface area contributed by atoms with Gasteiger partial charge >= 0.3 is 5.69 Å². The Morgan fingerprint density at radius 1 is 1.29 bits per heavy atom. The molecule has 0 heterocycles. The molecule has 0 aromatic heterocycles. The predicted octanol–water partition coefficient (Wildman–Crippen LogP) is 4.35. The van der Waals surface area contributed by atoms with Crippen LogP contribution in [0.25, 0.3) is 0 Å². The molecule has 1 N–H and O–H groups in total. The maximum absolute atomic E-state index is 13.2. The molecular formula is C13H7BrFIN2O3. The van der Waals surface area contributed by atoms with E-state index in [-0.39, 0.29) is 5.69 Å². The van der Waals surface area contributed by atoms with Gasteiger partial charge in [-0.2, -0.15) is 4.39 Å². The van der Waals surface area contributed by atoms with Crippen molar-refractivity contribution < 1.29 is 14.1 Å². The van der Waals surface area contributed by atoms with Crippen LogP contribution in [-0.2, 0) is 0 Å². The Balaban J connectivity index is 2.29. The fraction of sp³-hybridized carbons (Fsp3) is 0. The second kappa shape index (κ2) is 6.48. The third kappa shape index (κ3) is 3.76. The molecule has 0 fully saturated rings. The number of nitro groups is 1. The molecular weight excluding hydrogens is 458 g/mol. The molecule has 0 aliphatic carbocycles. The first kappa shape index (κ1) is 15.8. The van der Waals surface area contributed by atoms with Crippen molar-refractivity contribution in [1.82, 2.24) is 0 Å². The second-order valence-electron chi connectivity index (χ2n) is 4.00. The first-order valence-corrected chi connectivity index (χ1v) is 7.46. The number of carbonyl (C=O) groups excluding carboxylic acids is 1. The molecule has 21 heavy (non-hydrogen) atoms. The molecule has 0 unspecified atom stereocenters.